The van der Waals surface area contributed by atoms with Crippen LogP contribution in [-0.4, -0.2) is 16.0 Å². The molecule has 2 aliphatic rings. The van der Waals surface area contributed by atoms with Gasteiger partial charge in [0.25, 0.3) is 0 Å². The van der Waals surface area contributed by atoms with Gasteiger partial charge in [-0.25, -0.2) is 4.98 Å². The van der Waals surface area contributed by atoms with Gasteiger partial charge in [0.2, 0.25) is 5.91 Å². The molecule has 5 rings (SSSR count). The summed E-state index contributed by atoms with van der Waals surface area (Å²) in [6.07, 6.45) is 5.20. The number of benzene rings is 2. The van der Waals surface area contributed by atoms with Crippen molar-refractivity contribution in [1.82, 2.24) is 4.98 Å². The summed E-state index contributed by atoms with van der Waals surface area (Å²) in [7, 11) is 0. The van der Waals surface area contributed by atoms with E-state index in [0.717, 1.165) is 46.7 Å². The highest BCUT2D eigenvalue weighted by atomic mass is 16.3. The number of fused-ring (bicyclic) bond motifs is 1. The Kier molecular flexibility index (Phi) is 4.22. The summed E-state index contributed by atoms with van der Waals surface area (Å²) in [5, 5.41) is 24.8. The van der Waals surface area contributed by atoms with Crippen molar-refractivity contribution in [2.24, 2.45) is 5.41 Å². The van der Waals surface area contributed by atoms with Crippen LogP contribution in [0.2, 0.25) is 0 Å². The highest BCUT2D eigenvalue weighted by Gasteiger charge is 2.75. The minimum atomic E-state index is -0.953. The third-order valence-electron chi connectivity index (χ3n) is 6.91. The van der Waals surface area contributed by atoms with Gasteiger partial charge in [-0.2, -0.15) is 5.26 Å². The SMILES string of the molecule is CC(C)(O)c1cccc(CC(=O)Nc2cc3cc([C@]4(C#N)CC45CC5)ccc3cn2)c1. The lowest BCUT2D eigenvalue weighted by Gasteiger charge is -2.18. The molecular weight excluding hydrogens is 386 g/mol. The van der Waals surface area contributed by atoms with Gasteiger partial charge in [0.15, 0.2) is 0 Å². The number of carbonyl (C=O) groups is 1. The first kappa shape index (κ1) is 19.7. The predicted octanol–water partition coefficient (Wildman–Crippen LogP) is 4.59. The second-order valence-corrected chi connectivity index (χ2v) is 9.59. The van der Waals surface area contributed by atoms with E-state index in [1.54, 1.807) is 20.0 Å². The summed E-state index contributed by atoms with van der Waals surface area (Å²) in [5.41, 5.74) is 1.61. The molecule has 1 aromatic heterocycles. The van der Waals surface area contributed by atoms with Crippen molar-refractivity contribution in [3.05, 3.63) is 71.4 Å². The van der Waals surface area contributed by atoms with E-state index < -0.39 is 5.60 Å². The monoisotopic (exact) mass is 411 g/mol. The summed E-state index contributed by atoms with van der Waals surface area (Å²) in [5.74, 6) is 0.333. The molecule has 2 saturated carbocycles. The first-order valence-corrected chi connectivity index (χ1v) is 10.7. The maximum absolute atomic E-state index is 12.6. The van der Waals surface area contributed by atoms with Gasteiger partial charge in [-0.1, -0.05) is 36.4 Å². The Morgan fingerprint density at radius 2 is 2.00 bits per heavy atom. The van der Waals surface area contributed by atoms with Crippen LogP contribution in [0.1, 0.15) is 49.8 Å². The number of hydrogen-bond donors (Lipinski definition) is 2. The number of carbonyl (C=O) groups excluding carboxylic acids is 1. The molecule has 3 aromatic rings. The van der Waals surface area contributed by atoms with Crippen LogP contribution in [0.4, 0.5) is 5.82 Å². The third-order valence-corrected chi connectivity index (χ3v) is 6.91. The largest absolute Gasteiger partial charge is 0.386 e. The molecule has 0 unspecified atom stereocenters. The van der Waals surface area contributed by atoms with E-state index in [0.29, 0.717) is 5.82 Å². The van der Waals surface area contributed by atoms with E-state index in [1.807, 2.05) is 42.5 Å². The molecule has 1 spiro atoms. The average Bonchev–Trinajstić information content (AvgIpc) is 3.65. The molecular formula is C26H25N3O2. The molecule has 2 aromatic carbocycles. The summed E-state index contributed by atoms with van der Waals surface area (Å²) in [6.45, 7) is 3.45. The maximum atomic E-state index is 12.6. The van der Waals surface area contributed by atoms with E-state index in [9.17, 15) is 15.2 Å². The van der Waals surface area contributed by atoms with Gasteiger partial charge in [0.05, 0.1) is 23.5 Å². The van der Waals surface area contributed by atoms with Crippen molar-refractivity contribution < 1.29 is 9.90 Å². The second-order valence-electron chi connectivity index (χ2n) is 9.59. The van der Waals surface area contributed by atoms with Crippen LogP contribution in [0.15, 0.2) is 54.7 Å². The van der Waals surface area contributed by atoms with Crippen molar-refractivity contribution in [3.63, 3.8) is 0 Å². The summed E-state index contributed by atoms with van der Waals surface area (Å²) in [6, 6.07) is 18.0. The highest BCUT2D eigenvalue weighted by Crippen LogP contribution is 2.78. The number of aromatic nitrogens is 1. The number of nitrogens with one attached hydrogen (secondary N) is 1. The van der Waals surface area contributed by atoms with Crippen LogP contribution < -0.4 is 5.32 Å². The zero-order valence-corrected chi connectivity index (χ0v) is 17.8. The molecule has 156 valence electrons. The number of anilines is 1. The second kappa shape index (κ2) is 6.63. The molecule has 1 heterocycles. The molecule has 1 amide bonds. The van der Waals surface area contributed by atoms with Crippen molar-refractivity contribution >= 4 is 22.5 Å². The lowest BCUT2D eigenvalue weighted by Crippen LogP contribution is -2.18. The fraction of sp³-hybridized carbons (Fsp3) is 0.346. The zero-order valence-electron chi connectivity index (χ0n) is 17.8. The number of rotatable bonds is 5. The van der Waals surface area contributed by atoms with Crippen LogP contribution in [0, 0.1) is 16.7 Å². The smallest absolute Gasteiger partial charge is 0.229 e. The Labute approximate surface area is 181 Å². The lowest BCUT2D eigenvalue weighted by molar-refractivity contribution is -0.115. The minimum absolute atomic E-state index is 0.163. The van der Waals surface area contributed by atoms with Gasteiger partial charge < -0.3 is 10.4 Å². The first-order chi connectivity index (χ1) is 14.7. The van der Waals surface area contributed by atoms with Gasteiger partial charge in [0, 0.05) is 11.6 Å². The molecule has 0 aliphatic heterocycles. The Hall–Kier alpha value is -3.23. The lowest BCUT2D eigenvalue weighted by atomic mass is 9.92. The molecule has 2 N–H and O–H groups in total. The molecule has 31 heavy (non-hydrogen) atoms. The summed E-state index contributed by atoms with van der Waals surface area (Å²) in [4.78, 5) is 17.0. The fourth-order valence-electron chi connectivity index (χ4n) is 4.76. The molecule has 2 aliphatic carbocycles. The highest BCUT2D eigenvalue weighted by molar-refractivity contribution is 5.94. The van der Waals surface area contributed by atoms with Gasteiger partial charge >= 0.3 is 0 Å². The number of aliphatic hydroxyl groups is 1. The number of hydrogen-bond acceptors (Lipinski definition) is 4. The summed E-state index contributed by atoms with van der Waals surface area (Å²) < 4.78 is 0. The Balaban J connectivity index is 1.35. The van der Waals surface area contributed by atoms with E-state index in [1.165, 1.54) is 0 Å². The number of nitrogens with zero attached hydrogens (tertiary/aromatic N) is 2. The Bertz CT molecular complexity index is 1250. The van der Waals surface area contributed by atoms with Gasteiger partial charge in [0.1, 0.15) is 5.82 Å². The maximum Gasteiger partial charge on any atom is 0.229 e. The Morgan fingerprint density at radius 3 is 2.68 bits per heavy atom. The van der Waals surface area contributed by atoms with Crippen LogP contribution in [0.5, 0.6) is 0 Å². The molecule has 0 saturated heterocycles. The number of nitriles is 1. The molecule has 0 radical (unpaired) electrons. The quantitative estimate of drug-likeness (QED) is 0.643. The topological polar surface area (TPSA) is 86.0 Å². The van der Waals surface area contributed by atoms with Gasteiger partial charge in [-0.3, -0.25) is 4.79 Å². The van der Waals surface area contributed by atoms with Crippen LogP contribution in [0.25, 0.3) is 10.8 Å². The zero-order chi connectivity index (χ0) is 21.9. The summed E-state index contributed by atoms with van der Waals surface area (Å²) >= 11 is 0. The minimum Gasteiger partial charge on any atom is -0.386 e. The van der Waals surface area contributed by atoms with Crippen molar-refractivity contribution in [1.29, 1.82) is 5.26 Å². The molecule has 0 bridgehead atoms. The van der Waals surface area contributed by atoms with E-state index in [2.05, 4.69) is 22.4 Å². The van der Waals surface area contributed by atoms with Crippen molar-refractivity contribution in [2.45, 2.75) is 50.5 Å². The predicted molar refractivity (Wildman–Crippen MR) is 119 cm³/mol. The van der Waals surface area contributed by atoms with E-state index >= 15 is 0 Å². The first-order valence-electron chi connectivity index (χ1n) is 10.7. The van der Waals surface area contributed by atoms with Gasteiger partial charge in [-0.05, 0) is 72.7 Å². The molecule has 2 fully saturated rings. The normalized spacial score (nSPS) is 21.0. The van der Waals surface area contributed by atoms with Gasteiger partial charge in [-0.15, -0.1) is 0 Å². The third kappa shape index (κ3) is 3.37. The van der Waals surface area contributed by atoms with Crippen molar-refractivity contribution in [2.75, 3.05) is 5.32 Å². The number of pyridine rings is 1. The van der Waals surface area contributed by atoms with Crippen LogP contribution in [0.3, 0.4) is 0 Å². The fourth-order valence-corrected chi connectivity index (χ4v) is 4.76. The standard InChI is InChI=1S/C26H25N3O2/c1-24(2,31)20-5-3-4-17(10-20)11-23(30)29-22-13-19-12-21(7-6-18(19)14-28-22)26(16-27)15-25(26)8-9-25/h3-7,10,12-14,31H,8-9,11,15H2,1-2H3,(H,28,29,30)/t26-/m1/s1. The van der Waals surface area contributed by atoms with Crippen LogP contribution >= 0.6 is 0 Å². The molecule has 5 nitrogen and oxygen atoms in total. The van der Waals surface area contributed by atoms with E-state index in [-0.39, 0.29) is 23.2 Å². The molecule has 1 atom stereocenters. The Morgan fingerprint density at radius 1 is 1.19 bits per heavy atom. The average molecular weight is 412 g/mol. The molecule has 5 heteroatoms. The van der Waals surface area contributed by atoms with Crippen molar-refractivity contribution in [3.8, 4) is 6.07 Å². The van der Waals surface area contributed by atoms with E-state index in [4.69, 9.17) is 0 Å². The number of amides is 1. The van der Waals surface area contributed by atoms with Crippen LogP contribution in [-0.2, 0) is 22.2 Å².